The Morgan fingerprint density at radius 2 is 2.17 bits per heavy atom. The number of carbonyl (C=O) groups excluding carboxylic acids is 1. The number of anilines is 1. The molecule has 2 unspecified atom stereocenters. The van der Waals surface area contributed by atoms with Crippen LogP contribution in [0.3, 0.4) is 0 Å². The maximum atomic E-state index is 12.6. The summed E-state index contributed by atoms with van der Waals surface area (Å²) in [4.78, 5) is 37.0. The molecule has 1 saturated heterocycles. The van der Waals surface area contributed by atoms with Crippen LogP contribution in [0.25, 0.3) is 0 Å². The van der Waals surface area contributed by atoms with Gasteiger partial charge in [0.2, 0.25) is 0 Å². The zero-order valence-corrected chi connectivity index (χ0v) is 18.1. The maximum absolute atomic E-state index is 12.6. The van der Waals surface area contributed by atoms with Crippen LogP contribution in [0.5, 0.6) is 0 Å². The SMILES string of the molecule is CCc1[nH]c(C(=O)NC2CCN(c3nc(C(=O)O)c(C(C)C)o3)CC2OC)nc1Cl. The molecular weight excluding hydrogens is 414 g/mol. The van der Waals surface area contributed by atoms with Gasteiger partial charge in [0.15, 0.2) is 16.7 Å². The predicted octanol–water partition coefficient (Wildman–Crippen LogP) is 2.46. The van der Waals surface area contributed by atoms with E-state index in [4.69, 9.17) is 20.8 Å². The highest BCUT2D eigenvalue weighted by molar-refractivity contribution is 6.30. The second-order valence-electron chi connectivity index (χ2n) is 7.47. The lowest BCUT2D eigenvalue weighted by Crippen LogP contribution is -2.55. The molecule has 10 nitrogen and oxygen atoms in total. The molecule has 11 heteroatoms. The fourth-order valence-corrected chi connectivity index (χ4v) is 3.73. The maximum Gasteiger partial charge on any atom is 0.358 e. The van der Waals surface area contributed by atoms with Crippen LogP contribution in [-0.4, -0.2) is 64.3 Å². The first kappa shape index (κ1) is 22.1. The van der Waals surface area contributed by atoms with Gasteiger partial charge in [-0.15, -0.1) is 0 Å². The molecule has 1 aliphatic rings. The molecule has 0 bridgehead atoms. The molecule has 1 amide bonds. The third kappa shape index (κ3) is 4.44. The minimum atomic E-state index is -1.12. The summed E-state index contributed by atoms with van der Waals surface area (Å²) in [6, 6.07) is -0.0143. The first-order chi connectivity index (χ1) is 14.2. The monoisotopic (exact) mass is 439 g/mol. The van der Waals surface area contributed by atoms with Gasteiger partial charge in [-0.05, 0) is 12.8 Å². The Kier molecular flexibility index (Phi) is 6.67. The average Bonchev–Trinajstić information content (AvgIpc) is 3.32. The summed E-state index contributed by atoms with van der Waals surface area (Å²) in [5, 5.41) is 12.6. The molecule has 3 N–H and O–H groups in total. The van der Waals surface area contributed by atoms with E-state index >= 15 is 0 Å². The zero-order valence-electron chi connectivity index (χ0n) is 17.4. The number of ether oxygens (including phenoxy) is 1. The van der Waals surface area contributed by atoms with Gasteiger partial charge in [-0.1, -0.05) is 32.4 Å². The number of H-pyrrole nitrogens is 1. The molecule has 3 rings (SSSR count). The van der Waals surface area contributed by atoms with Crippen molar-refractivity contribution in [3.05, 3.63) is 28.1 Å². The van der Waals surface area contributed by atoms with Crippen LogP contribution in [-0.2, 0) is 11.2 Å². The van der Waals surface area contributed by atoms with Crippen molar-refractivity contribution in [2.24, 2.45) is 0 Å². The number of aromatic nitrogens is 3. The van der Waals surface area contributed by atoms with Crippen molar-refractivity contribution >= 4 is 29.5 Å². The van der Waals surface area contributed by atoms with Crippen molar-refractivity contribution in [1.82, 2.24) is 20.3 Å². The van der Waals surface area contributed by atoms with Gasteiger partial charge in [0.25, 0.3) is 11.9 Å². The smallest absolute Gasteiger partial charge is 0.358 e. The topological polar surface area (TPSA) is 134 Å². The molecular formula is C19H26ClN5O5. The number of hydrogen-bond acceptors (Lipinski definition) is 7. The second kappa shape index (κ2) is 9.05. The van der Waals surface area contributed by atoms with E-state index < -0.39 is 5.97 Å². The molecule has 0 aliphatic carbocycles. The lowest BCUT2D eigenvalue weighted by atomic mass is 10.0. The van der Waals surface area contributed by atoms with Crippen molar-refractivity contribution in [2.75, 3.05) is 25.1 Å². The van der Waals surface area contributed by atoms with E-state index in [1.165, 1.54) is 0 Å². The van der Waals surface area contributed by atoms with Crippen molar-refractivity contribution in [3.8, 4) is 0 Å². The number of carboxylic acid groups (broad SMARTS) is 1. The molecule has 30 heavy (non-hydrogen) atoms. The van der Waals surface area contributed by atoms with E-state index in [9.17, 15) is 14.7 Å². The normalized spacial score (nSPS) is 19.3. The number of amides is 1. The highest BCUT2D eigenvalue weighted by Crippen LogP contribution is 2.28. The Labute approximate surface area is 179 Å². The van der Waals surface area contributed by atoms with E-state index in [1.807, 2.05) is 25.7 Å². The summed E-state index contributed by atoms with van der Waals surface area (Å²) < 4.78 is 11.3. The number of oxazole rings is 1. The van der Waals surface area contributed by atoms with Gasteiger partial charge in [0.05, 0.1) is 24.4 Å². The molecule has 1 aliphatic heterocycles. The molecule has 2 aromatic heterocycles. The molecule has 0 saturated carbocycles. The number of nitrogens with one attached hydrogen (secondary N) is 2. The number of methoxy groups -OCH3 is 1. The van der Waals surface area contributed by atoms with E-state index in [2.05, 4.69) is 20.3 Å². The fourth-order valence-electron chi connectivity index (χ4n) is 3.46. The summed E-state index contributed by atoms with van der Waals surface area (Å²) >= 11 is 6.02. The Balaban J connectivity index is 1.71. The number of carboxylic acids is 1. The Bertz CT molecular complexity index is 925. The average molecular weight is 440 g/mol. The number of aromatic carboxylic acids is 1. The van der Waals surface area contributed by atoms with Crippen LogP contribution in [0.4, 0.5) is 6.01 Å². The van der Waals surface area contributed by atoms with Gasteiger partial charge in [-0.3, -0.25) is 4.79 Å². The number of aryl methyl sites for hydroxylation is 1. The van der Waals surface area contributed by atoms with Crippen molar-refractivity contribution < 1.29 is 23.8 Å². The lowest BCUT2D eigenvalue weighted by Gasteiger charge is -2.37. The molecule has 164 valence electrons. The molecule has 0 radical (unpaired) electrons. The van der Waals surface area contributed by atoms with Crippen LogP contribution < -0.4 is 10.2 Å². The van der Waals surface area contributed by atoms with Crippen LogP contribution in [0.1, 0.15) is 65.7 Å². The largest absolute Gasteiger partial charge is 0.476 e. The third-order valence-electron chi connectivity index (χ3n) is 5.11. The number of aromatic amines is 1. The van der Waals surface area contributed by atoms with Crippen LogP contribution >= 0.6 is 11.6 Å². The Morgan fingerprint density at radius 1 is 1.43 bits per heavy atom. The van der Waals surface area contributed by atoms with Crippen LogP contribution in [0, 0.1) is 0 Å². The van der Waals surface area contributed by atoms with Crippen LogP contribution in [0.15, 0.2) is 4.42 Å². The summed E-state index contributed by atoms with van der Waals surface area (Å²) in [6.07, 6.45) is 0.855. The van der Waals surface area contributed by atoms with Gasteiger partial charge in [-0.25, -0.2) is 9.78 Å². The Hall–Kier alpha value is -2.59. The molecule has 2 atom stereocenters. The molecule has 3 heterocycles. The van der Waals surface area contributed by atoms with Crippen molar-refractivity contribution in [3.63, 3.8) is 0 Å². The minimum absolute atomic E-state index is 0.0779. The number of halogens is 1. The molecule has 1 fully saturated rings. The number of carbonyl (C=O) groups is 2. The number of rotatable bonds is 7. The van der Waals surface area contributed by atoms with Gasteiger partial charge >= 0.3 is 5.97 Å². The number of hydrogen-bond donors (Lipinski definition) is 3. The Morgan fingerprint density at radius 3 is 2.70 bits per heavy atom. The summed E-state index contributed by atoms with van der Waals surface area (Å²) in [5.41, 5.74) is 0.629. The summed E-state index contributed by atoms with van der Waals surface area (Å²) in [7, 11) is 1.56. The first-order valence-corrected chi connectivity index (χ1v) is 10.2. The minimum Gasteiger partial charge on any atom is -0.476 e. The second-order valence-corrected chi connectivity index (χ2v) is 7.82. The highest BCUT2D eigenvalue weighted by atomic mass is 35.5. The van der Waals surface area contributed by atoms with E-state index in [1.54, 1.807) is 7.11 Å². The van der Waals surface area contributed by atoms with Crippen molar-refractivity contribution in [2.45, 2.75) is 51.7 Å². The zero-order chi connectivity index (χ0) is 22.0. The quantitative estimate of drug-likeness (QED) is 0.599. The number of piperidine rings is 1. The van der Waals surface area contributed by atoms with E-state index in [0.717, 1.165) is 0 Å². The number of nitrogens with zero attached hydrogens (tertiary/aromatic N) is 3. The summed E-state index contributed by atoms with van der Waals surface area (Å²) in [5.74, 6) is -1.09. The van der Waals surface area contributed by atoms with E-state index in [-0.39, 0.29) is 41.5 Å². The molecule has 0 spiro atoms. The molecule has 2 aromatic rings. The highest BCUT2D eigenvalue weighted by Gasteiger charge is 2.34. The van der Waals surface area contributed by atoms with Gasteiger partial charge in [0.1, 0.15) is 5.76 Å². The predicted molar refractivity (Wildman–Crippen MR) is 109 cm³/mol. The fraction of sp³-hybridized carbons (Fsp3) is 0.579. The third-order valence-corrected chi connectivity index (χ3v) is 5.43. The van der Waals surface area contributed by atoms with Gasteiger partial charge in [0, 0.05) is 19.6 Å². The first-order valence-electron chi connectivity index (χ1n) is 9.82. The summed E-state index contributed by atoms with van der Waals surface area (Å²) in [6.45, 7) is 6.52. The van der Waals surface area contributed by atoms with Crippen molar-refractivity contribution in [1.29, 1.82) is 0 Å². The van der Waals surface area contributed by atoms with Gasteiger partial charge < -0.3 is 29.5 Å². The van der Waals surface area contributed by atoms with E-state index in [0.29, 0.717) is 42.5 Å². The lowest BCUT2D eigenvalue weighted by molar-refractivity contribution is 0.0528. The number of imidazole rings is 1. The molecule has 0 aromatic carbocycles. The standard InChI is InChI=1S/C19H26ClN5O5/c1-5-10-15(20)24-16(21-10)17(26)22-11-6-7-25(8-12(11)29-4)19-23-13(18(27)28)14(30-19)9(2)3/h9,11-12H,5-8H2,1-4H3,(H,21,24)(H,22,26)(H,27,28). The van der Waals surface area contributed by atoms with Gasteiger partial charge in [-0.2, -0.15) is 4.98 Å². The van der Waals surface area contributed by atoms with Crippen LogP contribution in [0.2, 0.25) is 5.15 Å².